The normalized spacial score (nSPS) is 16.8. The molecule has 0 spiro atoms. The van der Waals surface area contributed by atoms with Gasteiger partial charge in [0, 0.05) is 23.5 Å². The molecule has 22 heavy (non-hydrogen) atoms. The van der Waals surface area contributed by atoms with Crippen LogP contribution in [-0.2, 0) is 11.3 Å². The van der Waals surface area contributed by atoms with Gasteiger partial charge in [-0.2, -0.15) is 0 Å². The molecule has 1 aliphatic rings. The van der Waals surface area contributed by atoms with E-state index in [1.807, 2.05) is 24.3 Å². The summed E-state index contributed by atoms with van der Waals surface area (Å²) in [7, 11) is 0. The van der Waals surface area contributed by atoms with Gasteiger partial charge in [-0.1, -0.05) is 31.0 Å². The number of carbonyl (C=O) groups is 1. The number of amides is 1. The van der Waals surface area contributed by atoms with Crippen LogP contribution in [0.1, 0.15) is 37.7 Å². The second-order valence-electron chi connectivity index (χ2n) is 6.09. The van der Waals surface area contributed by atoms with Crippen LogP contribution < -0.4 is 10.9 Å². The molecule has 1 fully saturated rings. The number of fused-ring (bicyclic) bond motifs is 1. The van der Waals surface area contributed by atoms with Crippen molar-refractivity contribution in [2.45, 2.75) is 44.2 Å². The summed E-state index contributed by atoms with van der Waals surface area (Å²) in [5.41, 5.74) is 0.512. The fourth-order valence-corrected chi connectivity index (χ4v) is 3.19. The van der Waals surface area contributed by atoms with Crippen LogP contribution in [0, 0.1) is 0 Å². The Labute approximate surface area is 128 Å². The molecule has 5 heteroatoms. The number of hydrogen-bond donors (Lipinski definition) is 3. The van der Waals surface area contributed by atoms with E-state index in [-0.39, 0.29) is 17.9 Å². The van der Waals surface area contributed by atoms with Crippen molar-refractivity contribution < 1.29 is 9.90 Å². The molecule has 1 saturated carbocycles. The third-order valence-electron chi connectivity index (χ3n) is 4.34. The minimum atomic E-state index is -0.847. The largest absolute Gasteiger partial charge is 0.389 e. The minimum absolute atomic E-state index is 0.133. The van der Waals surface area contributed by atoms with E-state index in [1.54, 1.807) is 0 Å². The number of nitrogens with one attached hydrogen (secondary N) is 2. The second kappa shape index (κ2) is 5.93. The van der Waals surface area contributed by atoms with E-state index >= 15 is 0 Å². The van der Waals surface area contributed by atoms with Crippen LogP contribution in [0.15, 0.2) is 35.1 Å². The molecule has 0 bridgehead atoms. The molecule has 2 aromatic rings. The molecule has 0 saturated heterocycles. The highest BCUT2D eigenvalue weighted by molar-refractivity contribution is 5.83. The predicted octanol–water partition coefficient (Wildman–Crippen LogP) is 1.84. The second-order valence-corrected chi connectivity index (χ2v) is 6.09. The Morgan fingerprint density at radius 2 is 2.00 bits per heavy atom. The van der Waals surface area contributed by atoms with E-state index < -0.39 is 5.60 Å². The average molecular weight is 300 g/mol. The summed E-state index contributed by atoms with van der Waals surface area (Å²) in [6, 6.07) is 9.01. The van der Waals surface area contributed by atoms with Crippen LogP contribution in [0.3, 0.4) is 0 Å². The molecule has 1 aromatic carbocycles. The van der Waals surface area contributed by atoms with Crippen molar-refractivity contribution in [3.8, 4) is 0 Å². The summed E-state index contributed by atoms with van der Waals surface area (Å²) in [6.45, 7) is 0.291. The van der Waals surface area contributed by atoms with E-state index in [4.69, 9.17) is 0 Å². The van der Waals surface area contributed by atoms with Gasteiger partial charge in [0.2, 0.25) is 11.5 Å². The van der Waals surface area contributed by atoms with E-state index in [0.717, 1.165) is 29.3 Å². The van der Waals surface area contributed by atoms with Crippen molar-refractivity contribution in [1.82, 2.24) is 10.3 Å². The molecule has 1 aromatic heterocycles. The Bertz CT molecular complexity index is 745. The molecule has 1 heterocycles. The van der Waals surface area contributed by atoms with Crippen LogP contribution in [-0.4, -0.2) is 21.6 Å². The number of para-hydroxylation sites is 1. The fraction of sp³-hybridized carbons (Fsp3) is 0.412. The number of carbonyl (C=O) groups excluding carboxylic acids is 1. The lowest BCUT2D eigenvalue weighted by Gasteiger charge is -2.21. The highest BCUT2D eigenvalue weighted by Gasteiger charge is 2.33. The molecule has 0 radical (unpaired) electrons. The van der Waals surface area contributed by atoms with Crippen LogP contribution in [0.2, 0.25) is 0 Å². The van der Waals surface area contributed by atoms with Crippen LogP contribution >= 0.6 is 0 Å². The zero-order valence-corrected chi connectivity index (χ0v) is 12.4. The standard InChI is InChI=1S/C17H20N2O3/c20-15-9-12(13-5-1-2-6-14(13)19-15)11-18-16(21)10-17(22)7-3-4-8-17/h1-2,5-6,9,22H,3-4,7-8,10-11H2,(H,18,21)(H,19,20). The highest BCUT2D eigenvalue weighted by Crippen LogP contribution is 2.32. The van der Waals surface area contributed by atoms with Gasteiger partial charge in [-0.25, -0.2) is 0 Å². The molecular weight excluding hydrogens is 280 g/mol. The molecule has 5 nitrogen and oxygen atoms in total. The van der Waals surface area contributed by atoms with Crippen molar-refractivity contribution in [2.24, 2.45) is 0 Å². The lowest BCUT2D eigenvalue weighted by atomic mass is 9.97. The number of aromatic amines is 1. The minimum Gasteiger partial charge on any atom is -0.389 e. The smallest absolute Gasteiger partial charge is 0.248 e. The maximum atomic E-state index is 12.0. The van der Waals surface area contributed by atoms with Crippen molar-refractivity contribution in [3.63, 3.8) is 0 Å². The molecular formula is C17H20N2O3. The van der Waals surface area contributed by atoms with E-state index in [9.17, 15) is 14.7 Å². The Morgan fingerprint density at radius 3 is 2.77 bits per heavy atom. The third-order valence-corrected chi connectivity index (χ3v) is 4.34. The van der Waals surface area contributed by atoms with Crippen molar-refractivity contribution in [3.05, 3.63) is 46.2 Å². The number of hydrogen-bond acceptors (Lipinski definition) is 3. The monoisotopic (exact) mass is 300 g/mol. The summed E-state index contributed by atoms with van der Waals surface area (Å²) >= 11 is 0. The summed E-state index contributed by atoms with van der Waals surface area (Å²) < 4.78 is 0. The van der Waals surface area contributed by atoms with E-state index in [1.165, 1.54) is 6.07 Å². The molecule has 0 unspecified atom stereocenters. The lowest BCUT2D eigenvalue weighted by molar-refractivity contribution is -0.126. The SMILES string of the molecule is O=C(CC1(O)CCCC1)NCc1cc(=O)[nH]c2ccccc12. The van der Waals surface area contributed by atoms with Gasteiger partial charge in [-0.3, -0.25) is 9.59 Å². The van der Waals surface area contributed by atoms with Crippen molar-refractivity contribution >= 4 is 16.8 Å². The number of pyridine rings is 1. The van der Waals surface area contributed by atoms with Gasteiger partial charge in [0.1, 0.15) is 0 Å². The zero-order chi connectivity index (χ0) is 15.6. The Kier molecular flexibility index (Phi) is 3.98. The van der Waals surface area contributed by atoms with Gasteiger partial charge in [-0.15, -0.1) is 0 Å². The van der Waals surface area contributed by atoms with Crippen LogP contribution in [0.25, 0.3) is 10.9 Å². The van der Waals surface area contributed by atoms with Gasteiger partial charge in [0.25, 0.3) is 0 Å². The topological polar surface area (TPSA) is 82.2 Å². The Balaban J connectivity index is 1.71. The first-order chi connectivity index (χ1) is 10.6. The quantitative estimate of drug-likeness (QED) is 0.806. The summed E-state index contributed by atoms with van der Waals surface area (Å²) in [5, 5.41) is 14.0. The molecule has 116 valence electrons. The molecule has 0 aliphatic heterocycles. The fourth-order valence-electron chi connectivity index (χ4n) is 3.19. The molecule has 1 aliphatic carbocycles. The lowest BCUT2D eigenvalue weighted by Crippen LogP contribution is -2.34. The first-order valence-corrected chi connectivity index (χ1v) is 7.66. The molecule has 3 N–H and O–H groups in total. The molecule has 3 rings (SSSR count). The number of aliphatic hydroxyl groups is 1. The van der Waals surface area contributed by atoms with E-state index in [2.05, 4.69) is 10.3 Å². The summed E-state index contributed by atoms with van der Waals surface area (Å²) in [4.78, 5) is 26.5. The molecule has 1 amide bonds. The van der Waals surface area contributed by atoms with Gasteiger partial charge in [0.05, 0.1) is 12.0 Å². The first kappa shape index (κ1) is 14.8. The number of benzene rings is 1. The predicted molar refractivity (Wildman–Crippen MR) is 84.5 cm³/mol. The van der Waals surface area contributed by atoms with Crippen LogP contribution in [0.4, 0.5) is 0 Å². The Hall–Kier alpha value is -2.14. The van der Waals surface area contributed by atoms with Gasteiger partial charge < -0.3 is 15.4 Å². The first-order valence-electron chi connectivity index (χ1n) is 7.66. The molecule has 0 atom stereocenters. The zero-order valence-electron chi connectivity index (χ0n) is 12.4. The van der Waals surface area contributed by atoms with Crippen LogP contribution in [0.5, 0.6) is 0 Å². The van der Waals surface area contributed by atoms with E-state index in [0.29, 0.717) is 19.4 Å². The Morgan fingerprint density at radius 1 is 1.27 bits per heavy atom. The number of H-pyrrole nitrogens is 1. The average Bonchev–Trinajstić information content (AvgIpc) is 2.90. The highest BCUT2D eigenvalue weighted by atomic mass is 16.3. The summed E-state index contributed by atoms with van der Waals surface area (Å²) in [6.07, 6.45) is 3.46. The van der Waals surface area contributed by atoms with Crippen molar-refractivity contribution in [1.29, 1.82) is 0 Å². The number of rotatable bonds is 4. The van der Waals surface area contributed by atoms with Crippen molar-refractivity contribution in [2.75, 3.05) is 0 Å². The summed E-state index contributed by atoms with van der Waals surface area (Å²) in [5.74, 6) is -0.172. The maximum Gasteiger partial charge on any atom is 0.248 e. The number of aromatic nitrogens is 1. The van der Waals surface area contributed by atoms with Gasteiger partial charge in [0.15, 0.2) is 0 Å². The third kappa shape index (κ3) is 3.20. The maximum absolute atomic E-state index is 12.0. The van der Waals surface area contributed by atoms with Gasteiger partial charge in [-0.05, 0) is 24.5 Å². The van der Waals surface area contributed by atoms with Gasteiger partial charge >= 0.3 is 0 Å².